The van der Waals surface area contributed by atoms with Gasteiger partial charge in [0.05, 0.1) is 12.2 Å². The fourth-order valence-corrected chi connectivity index (χ4v) is 4.09. The molecule has 1 aliphatic heterocycles. The number of rotatable bonds is 6. The van der Waals surface area contributed by atoms with E-state index in [9.17, 15) is 0 Å². The summed E-state index contributed by atoms with van der Waals surface area (Å²) in [5.74, 6) is 1.84. The Morgan fingerprint density at radius 1 is 1.18 bits per heavy atom. The third-order valence-electron chi connectivity index (χ3n) is 5.12. The molecule has 0 amide bonds. The summed E-state index contributed by atoms with van der Waals surface area (Å²) in [6.45, 7) is 13.2. The average molecular weight is 402 g/mol. The lowest BCUT2D eigenvalue weighted by Gasteiger charge is -2.34. The predicted molar refractivity (Wildman–Crippen MR) is 117 cm³/mol. The Balaban J connectivity index is 1.51. The van der Waals surface area contributed by atoms with E-state index >= 15 is 0 Å². The fraction of sp³-hybridized carbons (Fsp3) is 0.550. The van der Waals surface area contributed by atoms with Crippen molar-refractivity contribution in [2.75, 3.05) is 44.7 Å². The number of guanidine groups is 1. The highest BCUT2D eigenvalue weighted by Crippen LogP contribution is 2.16. The number of hydrogen-bond donors (Lipinski definition) is 2. The SMILES string of the molecule is CCN1CCN(c2cc(CNC(=NC)NCc3nc(C)c(C)s3)ccn2)CC1. The Kier molecular flexibility index (Phi) is 7.22. The lowest BCUT2D eigenvalue weighted by Crippen LogP contribution is -2.46. The molecular weight excluding hydrogens is 370 g/mol. The van der Waals surface area contributed by atoms with Gasteiger partial charge in [-0.2, -0.15) is 0 Å². The highest BCUT2D eigenvalue weighted by Gasteiger charge is 2.16. The summed E-state index contributed by atoms with van der Waals surface area (Å²) in [5.41, 5.74) is 2.31. The van der Waals surface area contributed by atoms with Crippen molar-refractivity contribution in [1.29, 1.82) is 0 Å². The van der Waals surface area contributed by atoms with Crippen molar-refractivity contribution in [3.8, 4) is 0 Å². The van der Waals surface area contributed by atoms with Crippen molar-refractivity contribution in [1.82, 2.24) is 25.5 Å². The van der Waals surface area contributed by atoms with Crippen LogP contribution in [0.1, 0.15) is 28.1 Å². The highest BCUT2D eigenvalue weighted by molar-refractivity contribution is 7.11. The molecule has 0 unspecified atom stereocenters. The van der Waals surface area contributed by atoms with Gasteiger partial charge in [-0.1, -0.05) is 6.92 Å². The van der Waals surface area contributed by atoms with Gasteiger partial charge in [0.1, 0.15) is 10.8 Å². The summed E-state index contributed by atoms with van der Waals surface area (Å²) in [5, 5.41) is 7.81. The monoisotopic (exact) mass is 401 g/mol. The van der Waals surface area contributed by atoms with E-state index < -0.39 is 0 Å². The van der Waals surface area contributed by atoms with E-state index in [4.69, 9.17) is 0 Å². The van der Waals surface area contributed by atoms with Crippen molar-refractivity contribution < 1.29 is 0 Å². The number of hydrogen-bond acceptors (Lipinski definition) is 6. The van der Waals surface area contributed by atoms with E-state index in [1.165, 1.54) is 10.4 Å². The normalized spacial score (nSPS) is 15.7. The van der Waals surface area contributed by atoms with Gasteiger partial charge < -0.3 is 20.4 Å². The van der Waals surface area contributed by atoms with Crippen LogP contribution >= 0.6 is 11.3 Å². The summed E-state index contributed by atoms with van der Waals surface area (Å²) >= 11 is 1.73. The van der Waals surface area contributed by atoms with Gasteiger partial charge in [0.15, 0.2) is 5.96 Å². The molecule has 0 atom stereocenters. The number of nitrogens with one attached hydrogen (secondary N) is 2. The molecular formula is C20H31N7S. The molecule has 1 fully saturated rings. The Labute approximate surface area is 171 Å². The van der Waals surface area contributed by atoms with Crippen molar-refractivity contribution in [2.45, 2.75) is 33.9 Å². The van der Waals surface area contributed by atoms with Gasteiger partial charge >= 0.3 is 0 Å². The smallest absolute Gasteiger partial charge is 0.191 e. The molecule has 152 valence electrons. The van der Waals surface area contributed by atoms with Crippen molar-refractivity contribution in [2.24, 2.45) is 4.99 Å². The van der Waals surface area contributed by atoms with Crippen LogP contribution < -0.4 is 15.5 Å². The topological polar surface area (TPSA) is 68.7 Å². The number of likely N-dealkylation sites (N-methyl/N-ethyl adjacent to an activating group) is 1. The zero-order valence-corrected chi connectivity index (χ0v) is 18.1. The first-order valence-corrected chi connectivity index (χ1v) is 10.7. The van der Waals surface area contributed by atoms with Crippen LogP contribution in [0.15, 0.2) is 23.3 Å². The first-order valence-electron chi connectivity index (χ1n) is 9.88. The van der Waals surface area contributed by atoms with Crippen LogP contribution in [0.3, 0.4) is 0 Å². The molecule has 8 heteroatoms. The third kappa shape index (κ3) is 5.42. The number of pyridine rings is 1. The Hall–Kier alpha value is -2.19. The molecule has 0 saturated carbocycles. The first-order chi connectivity index (χ1) is 13.6. The van der Waals surface area contributed by atoms with Crippen LogP contribution in [0.2, 0.25) is 0 Å². The van der Waals surface area contributed by atoms with Gasteiger partial charge in [-0.3, -0.25) is 4.99 Å². The summed E-state index contributed by atoms with van der Waals surface area (Å²) in [7, 11) is 1.79. The van der Waals surface area contributed by atoms with Crippen molar-refractivity contribution in [3.63, 3.8) is 0 Å². The van der Waals surface area contributed by atoms with Crippen LogP contribution in [-0.4, -0.2) is 60.6 Å². The summed E-state index contributed by atoms with van der Waals surface area (Å²) in [6, 6.07) is 4.23. The van der Waals surface area contributed by atoms with Crippen LogP contribution in [0.5, 0.6) is 0 Å². The minimum Gasteiger partial charge on any atom is -0.354 e. The summed E-state index contributed by atoms with van der Waals surface area (Å²) in [4.78, 5) is 19.6. The molecule has 3 rings (SSSR count). The van der Waals surface area contributed by atoms with E-state index in [1.807, 2.05) is 13.1 Å². The maximum Gasteiger partial charge on any atom is 0.191 e. The van der Waals surface area contributed by atoms with E-state index in [2.05, 4.69) is 61.4 Å². The number of aryl methyl sites for hydroxylation is 2. The summed E-state index contributed by atoms with van der Waals surface area (Å²) in [6.07, 6.45) is 1.90. The maximum absolute atomic E-state index is 4.57. The van der Waals surface area contributed by atoms with Gasteiger partial charge in [0.2, 0.25) is 0 Å². The zero-order chi connectivity index (χ0) is 19.9. The zero-order valence-electron chi connectivity index (χ0n) is 17.3. The highest BCUT2D eigenvalue weighted by atomic mass is 32.1. The number of nitrogens with zero attached hydrogens (tertiary/aromatic N) is 5. The van der Waals surface area contributed by atoms with E-state index in [-0.39, 0.29) is 0 Å². The molecule has 0 spiro atoms. The van der Waals surface area contributed by atoms with Crippen molar-refractivity contribution in [3.05, 3.63) is 39.5 Å². The second kappa shape index (κ2) is 9.84. The third-order valence-corrected chi connectivity index (χ3v) is 6.19. The quantitative estimate of drug-likeness (QED) is 0.571. The van der Waals surface area contributed by atoms with Crippen LogP contribution in [-0.2, 0) is 13.1 Å². The molecule has 1 aliphatic rings. The molecule has 3 heterocycles. The van der Waals surface area contributed by atoms with E-state index in [0.717, 1.165) is 55.2 Å². The molecule has 0 radical (unpaired) electrons. The van der Waals surface area contributed by atoms with E-state index in [0.29, 0.717) is 13.1 Å². The molecule has 0 bridgehead atoms. The number of piperazine rings is 1. The van der Waals surface area contributed by atoms with Crippen LogP contribution in [0, 0.1) is 13.8 Å². The van der Waals surface area contributed by atoms with Gasteiger partial charge in [0.25, 0.3) is 0 Å². The molecule has 2 aromatic rings. The van der Waals surface area contributed by atoms with Crippen LogP contribution in [0.25, 0.3) is 0 Å². The minimum atomic E-state index is 0.683. The number of aliphatic imine (C=N–C) groups is 1. The average Bonchev–Trinajstić information content (AvgIpc) is 3.06. The van der Waals surface area contributed by atoms with Crippen molar-refractivity contribution >= 4 is 23.1 Å². The van der Waals surface area contributed by atoms with Gasteiger partial charge in [-0.25, -0.2) is 9.97 Å². The molecule has 1 saturated heterocycles. The lowest BCUT2D eigenvalue weighted by molar-refractivity contribution is 0.270. The fourth-order valence-electron chi connectivity index (χ4n) is 3.22. The maximum atomic E-state index is 4.57. The van der Waals surface area contributed by atoms with Gasteiger partial charge in [0, 0.05) is 50.8 Å². The molecule has 2 aromatic heterocycles. The molecule has 0 aromatic carbocycles. The minimum absolute atomic E-state index is 0.683. The van der Waals surface area contributed by atoms with Gasteiger partial charge in [-0.05, 0) is 38.1 Å². The van der Waals surface area contributed by atoms with Crippen LogP contribution in [0.4, 0.5) is 5.82 Å². The Morgan fingerprint density at radius 2 is 1.93 bits per heavy atom. The number of thiazole rings is 1. The first kappa shape index (κ1) is 20.5. The molecule has 28 heavy (non-hydrogen) atoms. The number of anilines is 1. The summed E-state index contributed by atoms with van der Waals surface area (Å²) < 4.78 is 0. The molecule has 7 nitrogen and oxygen atoms in total. The standard InChI is InChI=1S/C20H31N7S/c1-5-26-8-10-27(11-9-26)18-12-17(6-7-22-18)13-23-20(21-4)24-14-19-25-15(2)16(3)28-19/h6-7,12H,5,8-11,13-14H2,1-4H3,(H2,21,23,24). The predicted octanol–water partition coefficient (Wildman–Crippen LogP) is 2.16. The Bertz CT molecular complexity index is 774. The second-order valence-corrected chi connectivity index (χ2v) is 8.26. The molecule has 0 aliphatic carbocycles. The van der Waals surface area contributed by atoms with E-state index in [1.54, 1.807) is 18.4 Å². The number of aromatic nitrogens is 2. The van der Waals surface area contributed by atoms with Gasteiger partial charge in [-0.15, -0.1) is 11.3 Å². The second-order valence-electron chi connectivity index (χ2n) is 6.97. The molecule has 2 N–H and O–H groups in total. The Morgan fingerprint density at radius 3 is 2.57 bits per heavy atom. The lowest BCUT2D eigenvalue weighted by atomic mass is 10.2. The largest absolute Gasteiger partial charge is 0.354 e.